The molecule has 0 radical (unpaired) electrons. The van der Waals surface area contributed by atoms with Crippen LogP contribution in [0.4, 0.5) is 0 Å². The second-order valence-corrected chi connectivity index (χ2v) is 11.0. The van der Waals surface area contributed by atoms with Crippen LogP contribution in [-0.4, -0.2) is 12.1 Å². The van der Waals surface area contributed by atoms with Gasteiger partial charge in [0.1, 0.15) is 0 Å². The number of rotatable bonds is 11. The highest BCUT2D eigenvalue weighted by atomic mass is 31.2. The molecule has 7 heteroatoms. The van der Waals surface area contributed by atoms with Crippen LogP contribution >= 0.6 is 15.0 Å². The van der Waals surface area contributed by atoms with Gasteiger partial charge in [-0.1, -0.05) is 42.5 Å². The molecule has 0 saturated carbocycles. The molecule has 140 valence electrons. The van der Waals surface area contributed by atoms with E-state index in [0.717, 1.165) is 31.3 Å². The van der Waals surface area contributed by atoms with Crippen LogP contribution in [0.1, 0.15) is 59.8 Å². The molecule has 1 unspecified atom stereocenters. The second-order valence-electron chi connectivity index (χ2n) is 6.54. The molecule has 0 aliphatic heterocycles. The molecule has 24 heavy (non-hydrogen) atoms. The molecule has 1 atom stereocenters. The fraction of sp³-hybridized carbons (Fsp3) is 0.647. The smallest absolute Gasteiger partial charge is 0.0199 e. The summed E-state index contributed by atoms with van der Waals surface area (Å²) in [5.74, 6) is -1.26. The Kier molecular flexibility index (Phi) is 11.0. The van der Waals surface area contributed by atoms with E-state index in [9.17, 15) is 23.8 Å². The van der Waals surface area contributed by atoms with Gasteiger partial charge in [-0.2, -0.15) is 0 Å². The quantitative estimate of drug-likeness (QED) is 0.407. The topological polar surface area (TPSA) is 103 Å². The predicted molar refractivity (Wildman–Crippen MR) is 95.0 cm³/mol. The predicted octanol–water partition coefficient (Wildman–Crippen LogP) is 3.31. The summed E-state index contributed by atoms with van der Waals surface area (Å²) in [5, 5.41) is 0. The molecular formula is C17H29O5P2-3. The summed E-state index contributed by atoms with van der Waals surface area (Å²) >= 11 is 0. The molecule has 0 amide bonds. The summed E-state index contributed by atoms with van der Waals surface area (Å²) in [7, 11) is -9.14. The third kappa shape index (κ3) is 15.1. The summed E-state index contributed by atoms with van der Waals surface area (Å²) in [6.45, 7) is 8.20. The maximum Gasteiger partial charge on any atom is 0.0199 e. The van der Waals surface area contributed by atoms with Crippen molar-refractivity contribution in [3.8, 4) is 0 Å². The Labute approximate surface area is 146 Å². The average Bonchev–Trinajstić information content (AvgIpc) is 2.34. The molecule has 0 heterocycles. The molecule has 0 N–H and O–H groups in total. The van der Waals surface area contributed by atoms with Crippen molar-refractivity contribution in [1.82, 2.24) is 0 Å². The average molecular weight is 375 g/mol. The molecule has 0 aliphatic rings. The van der Waals surface area contributed by atoms with Gasteiger partial charge in [-0.15, -0.1) is 0 Å². The van der Waals surface area contributed by atoms with E-state index in [2.05, 4.69) is 32.9 Å². The lowest BCUT2D eigenvalue weighted by molar-refractivity contribution is -0.312. The molecular weight excluding hydrogens is 346 g/mol. The van der Waals surface area contributed by atoms with Gasteiger partial charge >= 0.3 is 0 Å². The zero-order chi connectivity index (χ0) is 18.8. The molecule has 0 aromatic heterocycles. The van der Waals surface area contributed by atoms with E-state index in [4.69, 9.17) is 0 Å². The fourth-order valence-electron chi connectivity index (χ4n) is 2.18. The van der Waals surface area contributed by atoms with E-state index >= 15 is 0 Å². The van der Waals surface area contributed by atoms with Crippen molar-refractivity contribution in [2.45, 2.75) is 59.8 Å². The molecule has 0 spiro atoms. The monoisotopic (exact) mass is 375 g/mol. The third-order valence-electron chi connectivity index (χ3n) is 3.47. The zero-order valence-electron chi connectivity index (χ0n) is 15.1. The van der Waals surface area contributed by atoms with Gasteiger partial charge in [0.05, 0.1) is 0 Å². The number of hydrogen-bond donors (Lipinski definition) is 0. The van der Waals surface area contributed by atoms with Gasteiger partial charge in [0.2, 0.25) is 0 Å². The molecule has 0 fully saturated rings. The van der Waals surface area contributed by atoms with Crippen molar-refractivity contribution in [2.75, 3.05) is 12.1 Å². The second kappa shape index (κ2) is 11.2. The van der Waals surface area contributed by atoms with E-state index in [1.807, 2.05) is 6.92 Å². The zero-order valence-corrected chi connectivity index (χ0v) is 16.9. The van der Waals surface area contributed by atoms with Crippen molar-refractivity contribution in [3.05, 3.63) is 34.9 Å². The van der Waals surface area contributed by atoms with Crippen molar-refractivity contribution >= 4 is 15.0 Å². The molecule has 0 aromatic rings. The first-order valence-corrected chi connectivity index (χ1v) is 11.9. The van der Waals surface area contributed by atoms with Gasteiger partial charge in [0.15, 0.2) is 0 Å². The van der Waals surface area contributed by atoms with E-state index in [-0.39, 0.29) is 12.6 Å². The first kappa shape index (κ1) is 23.6. The minimum absolute atomic E-state index is 0.246. The van der Waals surface area contributed by atoms with Crippen molar-refractivity contribution in [3.63, 3.8) is 0 Å². The van der Waals surface area contributed by atoms with Crippen LogP contribution in [0.25, 0.3) is 0 Å². The highest BCUT2D eigenvalue weighted by molar-refractivity contribution is 7.70. The Morgan fingerprint density at radius 1 is 0.792 bits per heavy atom. The van der Waals surface area contributed by atoms with Crippen molar-refractivity contribution < 1.29 is 23.8 Å². The Balaban J connectivity index is 4.18. The summed E-state index contributed by atoms with van der Waals surface area (Å²) in [4.78, 5) is 32.6. The van der Waals surface area contributed by atoms with Crippen molar-refractivity contribution in [1.29, 1.82) is 0 Å². The standard InChI is InChI=1S/C17H32O5P2/c1-15(2)8-5-9-16(3)10-6-11-17(4)12-7-13-23(18,19)14-24(20,21)22/h8,10,12H,5-7,9,11,13-14H2,1-4H3,(H,18,19)(H2,20,21,22)/p-3/b16-10+,17-12+. The normalized spacial score (nSPS) is 16.0. The number of allylic oxidation sites excluding steroid dienone is 6. The fourth-order valence-corrected chi connectivity index (χ4v) is 5.38. The highest BCUT2D eigenvalue weighted by Gasteiger charge is 2.08. The third-order valence-corrected chi connectivity index (χ3v) is 7.52. The Morgan fingerprint density at radius 2 is 1.25 bits per heavy atom. The lowest BCUT2D eigenvalue weighted by Crippen LogP contribution is -2.21. The summed E-state index contributed by atoms with van der Waals surface area (Å²) < 4.78 is 22.0. The summed E-state index contributed by atoms with van der Waals surface area (Å²) in [5.41, 5.74) is 3.73. The molecule has 0 aromatic carbocycles. The van der Waals surface area contributed by atoms with Crippen LogP contribution in [0.2, 0.25) is 0 Å². The number of hydrogen-bond acceptors (Lipinski definition) is 5. The highest BCUT2D eigenvalue weighted by Crippen LogP contribution is 2.47. The van der Waals surface area contributed by atoms with Crippen LogP contribution in [0.3, 0.4) is 0 Å². The van der Waals surface area contributed by atoms with E-state index in [1.165, 1.54) is 11.1 Å². The van der Waals surface area contributed by atoms with Gasteiger partial charge < -0.3 is 23.8 Å². The minimum atomic E-state index is -5.00. The molecule has 0 aliphatic carbocycles. The van der Waals surface area contributed by atoms with Crippen LogP contribution < -0.4 is 14.7 Å². The molecule has 0 saturated heterocycles. The summed E-state index contributed by atoms with van der Waals surface area (Å²) in [6.07, 6.45) is 9.99. The SMILES string of the molecule is CC(C)=CCC/C(C)=C/CC/C(C)=C/CCP(=O)([O-])CP(=O)([O-])[O-]. The Morgan fingerprint density at radius 3 is 1.71 bits per heavy atom. The Bertz CT molecular complexity index is 566. The van der Waals surface area contributed by atoms with Gasteiger partial charge in [-0.05, 0) is 66.0 Å². The van der Waals surface area contributed by atoms with Gasteiger partial charge in [0, 0.05) is 13.3 Å². The maximum absolute atomic E-state index is 11.5. The molecule has 0 rings (SSSR count). The lowest BCUT2D eigenvalue weighted by Gasteiger charge is -2.36. The van der Waals surface area contributed by atoms with Crippen LogP contribution in [0, 0.1) is 0 Å². The van der Waals surface area contributed by atoms with E-state index in [1.54, 1.807) is 6.08 Å². The Hall–Kier alpha value is -0.440. The molecule has 5 nitrogen and oxygen atoms in total. The van der Waals surface area contributed by atoms with Crippen LogP contribution in [-0.2, 0) is 9.13 Å². The van der Waals surface area contributed by atoms with Gasteiger partial charge in [0.25, 0.3) is 0 Å². The maximum atomic E-state index is 11.5. The van der Waals surface area contributed by atoms with E-state index in [0.29, 0.717) is 0 Å². The lowest BCUT2D eigenvalue weighted by atomic mass is 10.1. The van der Waals surface area contributed by atoms with E-state index < -0.39 is 20.9 Å². The van der Waals surface area contributed by atoms with Crippen molar-refractivity contribution in [2.24, 2.45) is 0 Å². The van der Waals surface area contributed by atoms with Gasteiger partial charge in [-0.25, -0.2) is 0 Å². The first-order valence-electron chi connectivity index (χ1n) is 8.16. The largest absolute Gasteiger partial charge is 0.810 e. The molecule has 0 bridgehead atoms. The van der Waals surface area contributed by atoms with Crippen LogP contribution in [0.15, 0.2) is 34.9 Å². The van der Waals surface area contributed by atoms with Gasteiger partial charge in [-0.3, -0.25) is 0 Å². The van der Waals surface area contributed by atoms with Crippen LogP contribution in [0.5, 0.6) is 0 Å². The first-order chi connectivity index (χ1) is 10.9. The minimum Gasteiger partial charge on any atom is -0.810 e. The summed E-state index contributed by atoms with van der Waals surface area (Å²) in [6, 6.07) is 0.